The lowest BCUT2D eigenvalue weighted by molar-refractivity contribution is -0.144. The first kappa shape index (κ1) is 10.1. The molecule has 0 aromatic rings. The van der Waals surface area contributed by atoms with Crippen LogP contribution in [0.5, 0.6) is 0 Å². The van der Waals surface area contributed by atoms with Crippen LogP contribution in [0.4, 0.5) is 0 Å². The van der Waals surface area contributed by atoms with E-state index in [1.54, 1.807) is 0 Å². The highest BCUT2D eigenvalue weighted by molar-refractivity contribution is 9.10. The summed E-state index contributed by atoms with van der Waals surface area (Å²) in [4.78, 5) is 11.0. The molecule has 0 amide bonds. The Balaban J connectivity index is 1.89. The van der Waals surface area contributed by atoms with Crippen molar-refractivity contribution in [3.63, 3.8) is 0 Å². The van der Waals surface area contributed by atoms with Gasteiger partial charge in [-0.05, 0) is 55.8 Å². The molecule has 0 aromatic carbocycles. The molecule has 4 bridgehead atoms. The molecule has 4 aliphatic carbocycles. The first-order valence-corrected chi connectivity index (χ1v) is 6.69. The van der Waals surface area contributed by atoms with Crippen LogP contribution in [0.15, 0.2) is 0 Å². The van der Waals surface area contributed by atoms with Crippen molar-refractivity contribution >= 4 is 21.9 Å². The summed E-state index contributed by atoms with van der Waals surface area (Å²) in [6, 6.07) is 0. The molecule has 1 N–H and O–H groups in total. The summed E-state index contributed by atoms with van der Waals surface area (Å²) in [5, 5.41) is 9.04. The van der Waals surface area contributed by atoms with E-state index in [2.05, 4.69) is 15.9 Å². The third-order valence-electron chi connectivity index (χ3n) is 4.64. The molecule has 0 aromatic heterocycles. The molecular weight excluding hydrogens is 256 g/mol. The van der Waals surface area contributed by atoms with Gasteiger partial charge in [-0.2, -0.15) is 0 Å². The molecule has 2 nitrogen and oxygen atoms in total. The highest BCUT2D eigenvalue weighted by atomic mass is 79.9. The number of hydrogen-bond donors (Lipinski definition) is 1. The zero-order chi connectivity index (χ0) is 10.7. The summed E-state index contributed by atoms with van der Waals surface area (Å²) >= 11 is 3.89. The summed E-state index contributed by atoms with van der Waals surface area (Å²) in [6.07, 6.45) is 7.75. The van der Waals surface area contributed by atoms with E-state index in [0.717, 1.165) is 18.3 Å². The van der Waals surface area contributed by atoms with Gasteiger partial charge in [0, 0.05) is 4.32 Å². The maximum absolute atomic E-state index is 11.0. The second-order valence-electron chi connectivity index (χ2n) is 6.18. The summed E-state index contributed by atoms with van der Waals surface area (Å²) in [5.74, 6) is 0.989. The topological polar surface area (TPSA) is 37.3 Å². The van der Waals surface area contributed by atoms with Crippen LogP contribution in [0.25, 0.3) is 0 Å². The van der Waals surface area contributed by atoms with Gasteiger partial charge in [0.05, 0.1) is 6.42 Å². The number of hydrogen-bond acceptors (Lipinski definition) is 1. The Hall–Kier alpha value is -0.0500. The predicted molar refractivity (Wildman–Crippen MR) is 61.0 cm³/mol. The van der Waals surface area contributed by atoms with Crippen molar-refractivity contribution in [1.29, 1.82) is 0 Å². The number of carboxylic acids is 1. The zero-order valence-electron chi connectivity index (χ0n) is 8.84. The number of carboxylic acid groups (broad SMARTS) is 1. The fourth-order valence-electron chi connectivity index (χ4n) is 4.86. The normalized spacial score (nSPS) is 52.1. The van der Waals surface area contributed by atoms with Gasteiger partial charge >= 0.3 is 5.97 Å². The Morgan fingerprint density at radius 3 is 2.33 bits per heavy atom. The summed E-state index contributed by atoms with van der Waals surface area (Å²) in [7, 11) is 0. The standard InChI is InChI=1S/C12H17BrO2/c13-12-4-8-1-9(5-12)3-11(2-8,7-12)6-10(14)15/h8-9H,1-7H2,(H,14,15). The van der Waals surface area contributed by atoms with E-state index in [1.807, 2.05) is 0 Å². The molecule has 0 radical (unpaired) electrons. The Morgan fingerprint density at radius 1 is 1.27 bits per heavy atom. The Labute approximate surface area is 98.6 Å². The van der Waals surface area contributed by atoms with E-state index in [-0.39, 0.29) is 5.41 Å². The van der Waals surface area contributed by atoms with Crippen molar-refractivity contribution in [2.45, 2.75) is 49.3 Å². The average Bonchev–Trinajstić information content (AvgIpc) is 1.94. The highest BCUT2D eigenvalue weighted by Gasteiger charge is 2.57. The first-order chi connectivity index (χ1) is 6.99. The van der Waals surface area contributed by atoms with Crippen molar-refractivity contribution in [1.82, 2.24) is 0 Å². The van der Waals surface area contributed by atoms with Crippen molar-refractivity contribution in [2.75, 3.05) is 0 Å². The van der Waals surface area contributed by atoms with Crippen LogP contribution in [0.3, 0.4) is 0 Å². The lowest BCUT2D eigenvalue weighted by atomic mass is 9.49. The molecule has 0 aliphatic heterocycles. The number of aliphatic carboxylic acids is 1. The second kappa shape index (κ2) is 2.99. The number of halogens is 1. The lowest BCUT2D eigenvalue weighted by Gasteiger charge is -2.60. The van der Waals surface area contributed by atoms with E-state index in [1.165, 1.54) is 32.1 Å². The molecule has 84 valence electrons. The quantitative estimate of drug-likeness (QED) is 0.784. The molecule has 0 heterocycles. The van der Waals surface area contributed by atoms with Crippen molar-refractivity contribution in [2.24, 2.45) is 17.3 Å². The van der Waals surface area contributed by atoms with Crippen molar-refractivity contribution in [3.05, 3.63) is 0 Å². The minimum absolute atomic E-state index is 0.138. The Kier molecular flexibility index (Phi) is 2.02. The Morgan fingerprint density at radius 2 is 1.87 bits per heavy atom. The van der Waals surface area contributed by atoms with Gasteiger partial charge in [0.2, 0.25) is 0 Å². The molecule has 3 heteroatoms. The molecule has 0 saturated heterocycles. The van der Waals surface area contributed by atoms with Gasteiger partial charge in [0.25, 0.3) is 0 Å². The highest BCUT2D eigenvalue weighted by Crippen LogP contribution is 2.65. The third kappa shape index (κ3) is 1.63. The monoisotopic (exact) mass is 272 g/mol. The largest absolute Gasteiger partial charge is 0.481 e. The summed E-state index contributed by atoms with van der Waals surface area (Å²) in [5.41, 5.74) is 0.138. The molecule has 0 spiro atoms. The van der Waals surface area contributed by atoms with Crippen molar-refractivity contribution in [3.8, 4) is 0 Å². The average molecular weight is 273 g/mol. The van der Waals surface area contributed by atoms with Gasteiger partial charge in [-0.15, -0.1) is 0 Å². The van der Waals surface area contributed by atoms with Crippen LogP contribution < -0.4 is 0 Å². The summed E-state index contributed by atoms with van der Waals surface area (Å²) in [6.45, 7) is 0. The molecule has 2 atom stereocenters. The number of alkyl halides is 1. The molecule has 15 heavy (non-hydrogen) atoms. The van der Waals surface area contributed by atoms with Gasteiger partial charge < -0.3 is 5.11 Å². The van der Waals surface area contributed by atoms with E-state index in [0.29, 0.717) is 10.7 Å². The molecule has 4 saturated carbocycles. The van der Waals surface area contributed by atoms with Crippen molar-refractivity contribution < 1.29 is 9.90 Å². The van der Waals surface area contributed by atoms with E-state index in [9.17, 15) is 4.79 Å². The number of carbonyl (C=O) groups is 1. The van der Waals surface area contributed by atoms with Crippen LogP contribution in [-0.2, 0) is 4.79 Å². The molecular formula is C12H17BrO2. The fourth-order valence-corrected chi connectivity index (χ4v) is 6.37. The lowest BCUT2D eigenvalue weighted by Crippen LogP contribution is -2.53. The minimum atomic E-state index is -0.604. The molecule has 4 fully saturated rings. The maximum atomic E-state index is 11.0. The first-order valence-electron chi connectivity index (χ1n) is 5.89. The van der Waals surface area contributed by atoms with E-state index in [4.69, 9.17) is 5.11 Å². The maximum Gasteiger partial charge on any atom is 0.303 e. The van der Waals surface area contributed by atoms with Crippen LogP contribution >= 0.6 is 15.9 Å². The summed E-state index contributed by atoms with van der Waals surface area (Å²) < 4.78 is 0.298. The van der Waals surface area contributed by atoms with Crippen LogP contribution in [0.1, 0.15) is 44.9 Å². The SMILES string of the molecule is O=C(O)CC12CC3CC(CC(Br)(C3)C1)C2. The van der Waals surface area contributed by atoms with Gasteiger partial charge in [-0.25, -0.2) is 0 Å². The molecule has 2 unspecified atom stereocenters. The predicted octanol–water partition coefficient (Wildman–Crippen LogP) is 3.20. The van der Waals surface area contributed by atoms with Gasteiger partial charge in [0.1, 0.15) is 0 Å². The van der Waals surface area contributed by atoms with Crippen LogP contribution in [0, 0.1) is 17.3 Å². The van der Waals surface area contributed by atoms with Gasteiger partial charge in [-0.3, -0.25) is 4.79 Å². The minimum Gasteiger partial charge on any atom is -0.481 e. The number of rotatable bonds is 2. The third-order valence-corrected chi connectivity index (χ3v) is 5.56. The van der Waals surface area contributed by atoms with E-state index < -0.39 is 5.97 Å². The molecule has 4 rings (SSSR count). The second-order valence-corrected chi connectivity index (χ2v) is 7.86. The smallest absolute Gasteiger partial charge is 0.303 e. The fraction of sp³-hybridized carbons (Fsp3) is 0.917. The van der Waals surface area contributed by atoms with Gasteiger partial charge in [-0.1, -0.05) is 15.9 Å². The zero-order valence-corrected chi connectivity index (χ0v) is 10.4. The van der Waals surface area contributed by atoms with E-state index >= 15 is 0 Å². The Bertz CT molecular complexity index is 299. The van der Waals surface area contributed by atoms with Gasteiger partial charge in [0.15, 0.2) is 0 Å². The van der Waals surface area contributed by atoms with Crippen LogP contribution in [0.2, 0.25) is 0 Å². The van der Waals surface area contributed by atoms with Crippen LogP contribution in [-0.4, -0.2) is 15.4 Å². The molecule has 4 aliphatic rings.